The molecular weight excluding hydrogens is 253 g/mol. The molecule has 1 fully saturated rings. The van der Waals surface area contributed by atoms with Crippen LogP contribution in [0.3, 0.4) is 0 Å². The molecule has 0 bridgehead atoms. The maximum Gasteiger partial charge on any atom is 0.146 e. The molecule has 112 valence electrons. The third kappa shape index (κ3) is 3.51. The molecular formula is C17H26FNO. The van der Waals surface area contributed by atoms with Gasteiger partial charge in [0.1, 0.15) is 5.82 Å². The first-order valence-electron chi connectivity index (χ1n) is 7.73. The summed E-state index contributed by atoms with van der Waals surface area (Å²) in [5.41, 5.74) is 1.33. The van der Waals surface area contributed by atoms with Gasteiger partial charge in [0.2, 0.25) is 0 Å². The largest absolute Gasteiger partial charge is 0.389 e. The Hall–Kier alpha value is -1.09. The number of aliphatic hydroxyl groups is 1. The Balaban J connectivity index is 2.27. The molecule has 3 heteroatoms. The fourth-order valence-corrected chi connectivity index (χ4v) is 3.07. The Morgan fingerprint density at radius 1 is 1.25 bits per heavy atom. The van der Waals surface area contributed by atoms with Crippen molar-refractivity contribution >= 4 is 5.69 Å². The third-order valence-electron chi connectivity index (χ3n) is 4.09. The van der Waals surface area contributed by atoms with Gasteiger partial charge in [0.05, 0.1) is 11.8 Å². The van der Waals surface area contributed by atoms with Gasteiger partial charge < -0.3 is 10.0 Å². The highest BCUT2D eigenvalue weighted by Crippen LogP contribution is 2.31. The van der Waals surface area contributed by atoms with E-state index in [1.54, 1.807) is 6.92 Å². The Morgan fingerprint density at radius 2 is 1.90 bits per heavy atom. The van der Waals surface area contributed by atoms with Crippen LogP contribution >= 0.6 is 0 Å². The van der Waals surface area contributed by atoms with E-state index >= 15 is 0 Å². The molecule has 1 saturated carbocycles. The average Bonchev–Trinajstić information content (AvgIpc) is 2.89. The predicted octanol–water partition coefficient (Wildman–Crippen LogP) is 4.28. The first-order chi connectivity index (χ1) is 9.49. The summed E-state index contributed by atoms with van der Waals surface area (Å²) in [6, 6.07) is 5.61. The van der Waals surface area contributed by atoms with E-state index in [2.05, 4.69) is 18.7 Å². The van der Waals surface area contributed by atoms with Crippen molar-refractivity contribution in [3.63, 3.8) is 0 Å². The van der Waals surface area contributed by atoms with Crippen molar-refractivity contribution in [3.05, 3.63) is 29.6 Å². The van der Waals surface area contributed by atoms with Crippen LogP contribution in [0.1, 0.15) is 58.1 Å². The predicted molar refractivity (Wildman–Crippen MR) is 81.5 cm³/mol. The molecule has 1 aliphatic rings. The number of hydrogen-bond donors (Lipinski definition) is 1. The molecule has 1 aromatic rings. The maximum atomic E-state index is 14.4. The van der Waals surface area contributed by atoms with Crippen LogP contribution in [0.25, 0.3) is 0 Å². The van der Waals surface area contributed by atoms with Crippen molar-refractivity contribution in [2.75, 3.05) is 11.4 Å². The van der Waals surface area contributed by atoms with Gasteiger partial charge in [0.25, 0.3) is 0 Å². The van der Waals surface area contributed by atoms with Crippen molar-refractivity contribution in [2.24, 2.45) is 5.92 Å². The van der Waals surface area contributed by atoms with E-state index in [0.29, 0.717) is 23.2 Å². The number of aliphatic hydroxyl groups excluding tert-OH is 1. The van der Waals surface area contributed by atoms with Crippen LogP contribution in [-0.2, 0) is 0 Å². The van der Waals surface area contributed by atoms with E-state index < -0.39 is 6.10 Å². The van der Waals surface area contributed by atoms with Gasteiger partial charge in [-0.25, -0.2) is 4.39 Å². The molecule has 0 unspecified atom stereocenters. The minimum absolute atomic E-state index is 0.212. The Morgan fingerprint density at radius 3 is 2.40 bits per heavy atom. The van der Waals surface area contributed by atoms with E-state index in [4.69, 9.17) is 0 Å². The Bertz CT molecular complexity index is 439. The van der Waals surface area contributed by atoms with E-state index in [0.717, 1.165) is 19.4 Å². The molecule has 0 aliphatic heterocycles. The van der Waals surface area contributed by atoms with Crippen LogP contribution in [0, 0.1) is 11.7 Å². The van der Waals surface area contributed by atoms with E-state index in [9.17, 15) is 9.50 Å². The monoisotopic (exact) mass is 279 g/mol. The van der Waals surface area contributed by atoms with Crippen molar-refractivity contribution in [1.82, 2.24) is 0 Å². The van der Waals surface area contributed by atoms with Crippen molar-refractivity contribution in [2.45, 2.75) is 58.6 Å². The van der Waals surface area contributed by atoms with Gasteiger partial charge in [0, 0.05) is 12.6 Å². The SMILES string of the molecule is CC(C)CN(c1ccc([C@@H](C)O)cc1F)C1CCCC1. The highest BCUT2D eigenvalue weighted by atomic mass is 19.1. The maximum absolute atomic E-state index is 14.4. The zero-order valence-electron chi connectivity index (χ0n) is 12.8. The Labute approximate surface area is 121 Å². The van der Waals surface area contributed by atoms with Gasteiger partial charge in [-0.1, -0.05) is 32.8 Å². The molecule has 1 N–H and O–H groups in total. The minimum atomic E-state index is -0.622. The normalized spacial score (nSPS) is 17.7. The average molecular weight is 279 g/mol. The summed E-state index contributed by atoms with van der Waals surface area (Å²) in [6.45, 7) is 6.89. The highest BCUT2D eigenvalue weighted by molar-refractivity contribution is 5.50. The molecule has 0 spiro atoms. The van der Waals surface area contributed by atoms with Gasteiger partial charge >= 0.3 is 0 Å². The first-order valence-corrected chi connectivity index (χ1v) is 7.73. The summed E-state index contributed by atoms with van der Waals surface area (Å²) in [4.78, 5) is 2.23. The fourth-order valence-electron chi connectivity index (χ4n) is 3.07. The van der Waals surface area contributed by atoms with Gasteiger partial charge in [-0.3, -0.25) is 0 Å². The lowest BCUT2D eigenvalue weighted by Gasteiger charge is -2.33. The lowest BCUT2D eigenvalue weighted by atomic mass is 10.1. The van der Waals surface area contributed by atoms with E-state index in [1.807, 2.05) is 12.1 Å². The van der Waals surface area contributed by atoms with Crippen molar-refractivity contribution in [1.29, 1.82) is 0 Å². The Kier molecular flexibility index (Phi) is 5.03. The number of hydrogen-bond acceptors (Lipinski definition) is 2. The lowest BCUT2D eigenvalue weighted by molar-refractivity contribution is 0.199. The second-order valence-corrected chi connectivity index (χ2v) is 6.37. The third-order valence-corrected chi connectivity index (χ3v) is 4.09. The van der Waals surface area contributed by atoms with Crippen LogP contribution in [-0.4, -0.2) is 17.7 Å². The number of anilines is 1. The second kappa shape index (κ2) is 6.57. The summed E-state index contributed by atoms with van der Waals surface area (Å²) < 4.78 is 14.4. The fraction of sp³-hybridized carbons (Fsp3) is 0.647. The van der Waals surface area contributed by atoms with Gasteiger partial charge in [-0.15, -0.1) is 0 Å². The zero-order valence-corrected chi connectivity index (χ0v) is 12.8. The molecule has 0 amide bonds. The molecule has 20 heavy (non-hydrogen) atoms. The smallest absolute Gasteiger partial charge is 0.146 e. The molecule has 2 nitrogen and oxygen atoms in total. The van der Waals surface area contributed by atoms with Gasteiger partial charge in [-0.05, 0) is 43.4 Å². The minimum Gasteiger partial charge on any atom is -0.389 e. The molecule has 0 aromatic heterocycles. The van der Waals surface area contributed by atoms with Crippen LogP contribution in [0.15, 0.2) is 18.2 Å². The topological polar surface area (TPSA) is 23.5 Å². The summed E-state index contributed by atoms with van der Waals surface area (Å²) in [7, 11) is 0. The lowest BCUT2D eigenvalue weighted by Crippen LogP contribution is -2.37. The standard InChI is InChI=1S/C17H26FNO/c1-12(2)11-19(15-6-4-5-7-15)17-9-8-14(13(3)20)10-16(17)18/h8-10,12-13,15,20H,4-7,11H2,1-3H3/t13-/m1/s1. The second-order valence-electron chi connectivity index (χ2n) is 6.37. The number of halogens is 1. The summed E-state index contributed by atoms with van der Waals surface area (Å²) >= 11 is 0. The van der Waals surface area contributed by atoms with Crippen molar-refractivity contribution < 1.29 is 9.50 Å². The van der Waals surface area contributed by atoms with E-state index in [1.165, 1.54) is 18.9 Å². The highest BCUT2D eigenvalue weighted by Gasteiger charge is 2.25. The molecule has 2 rings (SSSR count). The quantitative estimate of drug-likeness (QED) is 0.869. The molecule has 0 heterocycles. The molecule has 1 atom stereocenters. The number of rotatable bonds is 5. The molecule has 0 saturated heterocycles. The van der Waals surface area contributed by atoms with Gasteiger partial charge in [-0.2, -0.15) is 0 Å². The molecule has 0 radical (unpaired) electrons. The van der Waals surface area contributed by atoms with E-state index in [-0.39, 0.29) is 5.82 Å². The number of nitrogens with zero attached hydrogens (tertiary/aromatic N) is 1. The van der Waals surface area contributed by atoms with Crippen LogP contribution in [0.4, 0.5) is 10.1 Å². The molecule has 1 aliphatic carbocycles. The summed E-state index contributed by atoms with van der Waals surface area (Å²) in [6.07, 6.45) is 4.18. The zero-order chi connectivity index (χ0) is 14.7. The molecule has 1 aromatic carbocycles. The van der Waals surface area contributed by atoms with Crippen molar-refractivity contribution in [3.8, 4) is 0 Å². The summed E-state index contributed by atoms with van der Waals surface area (Å²) in [5.74, 6) is 0.294. The van der Waals surface area contributed by atoms with Crippen LogP contribution in [0.2, 0.25) is 0 Å². The van der Waals surface area contributed by atoms with Gasteiger partial charge in [0.15, 0.2) is 0 Å². The van der Waals surface area contributed by atoms with Crippen LogP contribution in [0.5, 0.6) is 0 Å². The number of benzene rings is 1. The van der Waals surface area contributed by atoms with Crippen LogP contribution < -0.4 is 4.90 Å². The summed E-state index contributed by atoms with van der Waals surface area (Å²) in [5, 5.41) is 9.55. The first kappa shape index (κ1) is 15.3.